The van der Waals surface area contributed by atoms with Crippen LogP contribution in [0.25, 0.3) is 0 Å². The van der Waals surface area contributed by atoms with Crippen LogP contribution in [-0.2, 0) is 4.74 Å². The third kappa shape index (κ3) is 0.989. The molecule has 0 bridgehead atoms. The lowest BCUT2D eigenvalue weighted by Gasteiger charge is -2.63. The van der Waals surface area contributed by atoms with Crippen molar-refractivity contribution in [1.82, 2.24) is 5.32 Å². The summed E-state index contributed by atoms with van der Waals surface area (Å²) in [5.41, 5.74) is 0.580. The van der Waals surface area contributed by atoms with Crippen molar-refractivity contribution in [1.29, 1.82) is 0 Å². The van der Waals surface area contributed by atoms with Gasteiger partial charge in [0.2, 0.25) is 0 Å². The Morgan fingerprint density at radius 2 is 2.29 bits per heavy atom. The number of fused-ring (bicyclic) bond motifs is 2. The fourth-order valence-electron chi connectivity index (χ4n) is 3.86. The van der Waals surface area contributed by atoms with Crippen LogP contribution >= 0.6 is 0 Å². The Morgan fingerprint density at radius 1 is 1.43 bits per heavy atom. The summed E-state index contributed by atoms with van der Waals surface area (Å²) in [5, 5.41) is 3.75. The minimum atomic E-state index is 0.580. The van der Waals surface area contributed by atoms with Crippen molar-refractivity contribution in [3.63, 3.8) is 0 Å². The highest BCUT2D eigenvalue weighted by Crippen LogP contribution is 2.62. The smallest absolute Gasteiger partial charge is 0.0690 e. The molecule has 0 aromatic heterocycles. The summed E-state index contributed by atoms with van der Waals surface area (Å²) < 4.78 is 5.88. The molecule has 1 aliphatic heterocycles. The van der Waals surface area contributed by atoms with Crippen molar-refractivity contribution in [2.24, 2.45) is 11.3 Å². The maximum Gasteiger partial charge on any atom is 0.0690 e. The first-order valence-electron chi connectivity index (χ1n) is 6.23. The molecule has 1 N–H and O–H groups in total. The highest BCUT2D eigenvalue weighted by Gasteiger charge is 2.66. The fourth-order valence-corrected chi connectivity index (χ4v) is 3.86. The SMILES string of the molecule is CCCNC1[C@H]2CCO[C@H]2C12CCC2. The van der Waals surface area contributed by atoms with Crippen molar-refractivity contribution in [3.8, 4) is 0 Å². The quantitative estimate of drug-likeness (QED) is 0.743. The lowest BCUT2D eigenvalue weighted by Crippen LogP contribution is -2.71. The van der Waals surface area contributed by atoms with Gasteiger partial charge < -0.3 is 10.1 Å². The molecule has 3 rings (SSSR count). The maximum atomic E-state index is 5.88. The topological polar surface area (TPSA) is 21.3 Å². The average molecular weight is 195 g/mol. The normalized spacial score (nSPS) is 43.1. The van der Waals surface area contributed by atoms with Crippen LogP contribution in [0.1, 0.15) is 39.0 Å². The zero-order valence-electron chi connectivity index (χ0n) is 9.09. The van der Waals surface area contributed by atoms with E-state index in [-0.39, 0.29) is 0 Å². The van der Waals surface area contributed by atoms with Crippen LogP contribution in [0, 0.1) is 11.3 Å². The summed E-state index contributed by atoms with van der Waals surface area (Å²) in [6, 6.07) is 0.795. The van der Waals surface area contributed by atoms with E-state index >= 15 is 0 Å². The minimum absolute atomic E-state index is 0.580. The van der Waals surface area contributed by atoms with Crippen LogP contribution in [-0.4, -0.2) is 25.3 Å². The van der Waals surface area contributed by atoms with Gasteiger partial charge in [-0.05, 0) is 32.2 Å². The summed E-state index contributed by atoms with van der Waals surface area (Å²) in [4.78, 5) is 0. The van der Waals surface area contributed by atoms with Gasteiger partial charge in [0.05, 0.1) is 6.10 Å². The summed E-state index contributed by atoms with van der Waals surface area (Å²) in [5.74, 6) is 0.849. The molecule has 14 heavy (non-hydrogen) atoms. The van der Waals surface area contributed by atoms with E-state index in [9.17, 15) is 0 Å². The van der Waals surface area contributed by atoms with E-state index in [0.29, 0.717) is 11.5 Å². The van der Waals surface area contributed by atoms with E-state index < -0.39 is 0 Å². The minimum Gasteiger partial charge on any atom is -0.377 e. The highest BCUT2D eigenvalue weighted by atomic mass is 16.5. The summed E-state index contributed by atoms with van der Waals surface area (Å²) in [6.07, 6.45) is 7.44. The van der Waals surface area contributed by atoms with Gasteiger partial charge in [-0.2, -0.15) is 0 Å². The zero-order chi connectivity index (χ0) is 9.60. The van der Waals surface area contributed by atoms with Crippen LogP contribution in [0.5, 0.6) is 0 Å². The number of ether oxygens (including phenoxy) is 1. The molecule has 2 aliphatic carbocycles. The second-order valence-corrected chi connectivity index (χ2v) is 5.26. The molecule has 3 fully saturated rings. The Kier molecular flexibility index (Phi) is 2.10. The summed E-state index contributed by atoms with van der Waals surface area (Å²) >= 11 is 0. The van der Waals surface area contributed by atoms with Gasteiger partial charge in [-0.3, -0.25) is 0 Å². The van der Waals surface area contributed by atoms with Crippen molar-refractivity contribution < 1.29 is 4.74 Å². The molecule has 2 saturated carbocycles. The zero-order valence-corrected chi connectivity index (χ0v) is 9.09. The summed E-state index contributed by atoms with van der Waals surface area (Å²) in [6.45, 7) is 4.46. The monoisotopic (exact) mass is 195 g/mol. The molecule has 2 nitrogen and oxygen atoms in total. The summed E-state index contributed by atoms with van der Waals surface area (Å²) in [7, 11) is 0. The van der Waals surface area contributed by atoms with Crippen molar-refractivity contribution in [2.75, 3.05) is 13.2 Å². The van der Waals surface area contributed by atoms with Crippen LogP contribution in [0.4, 0.5) is 0 Å². The Hall–Kier alpha value is -0.0800. The number of hydrogen-bond donors (Lipinski definition) is 1. The molecular weight excluding hydrogens is 174 g/mol. The van der Waals surface area contributed by atoms with Crippen LogP contribution < -0.4 is 5.32 Å². The van der Waals surface area contributed by atoms with E-state index in [0.717, 1.165) is 18.6 Å². The third-order valence-electron chi connectivity index (χ3n) is 4.65. The molecule has 3 atom stereocenters. The molecule has 1 unspecified atom stereocenters. The lowest BCUT2D eigenvalue weighted by atomic mass is 9.46. The van der Waals surface area contributed by atoms with Gasteiger partial charge in [0, 0.05) is 24.0 Å². The first kappa shape index (κ1) is 9.17. The standard InChI is InChI=1S/C12H21NO/c1-2-7-13-10-9-4-8-14-11(9)12(10)5-3-6-12/h9-11,13H,2-8H2,1H3/t9-,10?,11-/m1/s1. The van der Waals surface area contributed by atoms with Crippen molar-refractivity contribution >= 4 is 0 Å². The highest BCUT2D eigenvalue weighted by molar-refractivity contribution is 5.18. The van der Waals surface area contributed by atoms with Gasteiger partial charge in [0.15, 0.2) is 0 Å². The first-order valence-corrected chi connectivity index (χ1v) is 6.23. The molecule has 0 aromatic rings. The number of rotatable bonds is 3. The maximum absolute atomic E-state index is 5.88. The fraction of sp³-hybridized carbons (Fsp3) is 1.00. The molecule has 80 valence electrons. The predicted octanol–water partition coefficient (Wildman–Crippen LogP) is 1.94. The lowest BCUT2D eigenvalue weighted by molar-refractivity contribution is -0.175. The molecule has 1 saturated heterocycles. The van der Waals surface area contributed by atoms with Crippen LogP contribution in [0.3, 0.4) is 0 Å². The van der Waals surface area contributed by atoms with Gasteiger partial charge in [0.1, 0.15) is 0 Å². The molecule has 0 radical (unpaired) electrons. The molecule has 0 aromatic carbocycles. The third-order valence-corrected chi connectivity index (χ3v) is 4.65. The van der Waals surface area contributed by atoms with E-state index in [1.54, 1.807) is 0 Å². The molecular formula is C12H21NO. The molecule has 2 heteroatoms. The van der Waals surface area contributed by atoms with E-state index in [1.165, 1.54) is 38.6 Å². The van der Waals surface area contributed by atoms with Crippen LogP contribution in [0.15, 0.2) is 0 Å². The number of nitrogens with one attached hydrogen (secondary N) is 1. The van der Waals surface area contributed by atoms with Gasteiger partial charge in [0.25, 0.3) is 0 Å². The van der Waals surface area contributed by atoms with Gasteiger partial charge in [-0.1, -0.05) is 13.3 Å². The Morgan fingerprint density at radius 3 is 2.93 bits per heavy atom. The Labute approximate surface area is 86.4 Å². The second-order valence-electron chi connectivity index (χ2n) is 5.26. The van der Waals surface area contributed by atoms with E-state index in [1.807, 2.05) is 0 Å². The predicted molar refractivity (Wildman–Crippen MR) is 56.2 cm³/mol. The largest absolute Gasteiger partial charge is 0.377 e. The second kappa shape index (κ2) is 3.21. The molecule has 1 spiro atoms. The Balaban J connectivity index is 1.69. The Bertz CT molecular complexity index is 224. The molecule has 0 amide bonds. The van der Waals surface area contributed by atoms with Crippen molar-refractivity contribution in [3.05, 3.63) is 0 Å². The van der Waals surface area contributed by atoms with Crippen LogP contribution in [0.2, 0.25) is 0 Å². The molecule has 1 heterocycles. The van der Waals surface area contributed by atoms with Crippen molar-refractivity contribution in [2.45, 2.75) is 51.2 Å². The van der Waals surface area contributed by atoms with E-state index in [4.69, 9.17) is 4.74 Å². The van der Waals surface area contributed by atoms with E-state index in [2.05, 4.69) is 12.2 Å². The van der Waals surface area contributed by atoms with Gasteiger partial charge in [-0.25, -0.2) is 0 Å². The van der Waals surface area contributed by atoms with Gasteiger partial charge >= 0.3 is 0 Å². The average Bonchev–Trinajstić information content (AvgIpc) is 2.49. The molecule has 3 aliphatic rings. The first-order chi connectivity index (χ1) is 6.88. The number of hydrogen-bond acceptors (Lipinski definition) is 2. The van der Waals surface area contributed by atoms with Gasteiger partial charge in [-0.15, -0.1) is 0 Å².